The Morgan fingerprint density at radius 1 is 1.06 bits per heavy atom. The van der Waals surface area contributed by atoms with Gasteiger partial charge in [-0.3, -0.25) is 14.4 Å². The highest BCUT2D eigenvalue weighted by Gasteiger charge is 2.21. The summed E-state index contributed by atoms with van der Waals surface area (Å²) >= 11 is 0. The normalized spacial score (nSPS) is 14.3. The number of hydrogen-bond donors (Lipinski definition) is 1. The number of hydrogen-bond acceptors (Lipinski definition) is 3. The highest BCUT2D eigenvalue weighted by atomic mass is 19.1. The van der Waals surface area contributed by atoms with Gasteiger partial charge in [0.05, 0.1) is 5.69 Å². The second-order valence-electron chi connectivity index (χ2n) is 7.72. The molecule has 0 unspecified atom stereocenters. The SMILES string of the molecule is Cn1nc(C(=O)Nc2c(F)cccc2F)cc1C1=CCCN(CCc2ccccc2F)C1. The van der Waals surface area contributed by atoms with Crippen molar-refractivity contribution in [3.63, 3.8) is 0 Å². The number of halogens is 3. The zero-order valence-electron chi connectivity index (χ0n) is 17.6. The molecule has 0 radical (unpaired) electrons. The predicted octanol–water partition coefficient (Wildman–Crippen LogP) is 4.42. The Balaban J connectivity index is 1.44. The van der Waals surface area contributed by atoms with Crippen molar-refractivity contribution in [2.45, 2.75) is 12.8 Å². The molecule has 5 nitrogen and oxygen atoms in total. The Morgan fingerprint density at radius 2 is 1.78 bits per heavy atom. The first-order valence-corrected chi connectivity index (χ1v) is 10.4. The molecule has 8 heteroatoms. The van der Waals surface area contributed by atoms with Gasteiger partial charge in [-0.05, 0) is 48.2 Å². The second-order valence-corrected chi connectivity index (χ2v) is 7.72. The Labute approximate surface area is 184 Å². The monoisotopic (exact) mass is 440 g/mol. The Morgan fingerprint density at radius 3 is 2.53 bits per heavy atom. The van der Waals surface area contributed by atoms with E-state index < -0.39 is 23.2 Å². The molecule has 4 rings (SSSR count). The number of aromatic nitrogens is 2. The molecule has 32 heavy (non-hydrogen) atoms. The quantitative estimate of drug-likeness (QED) is 0.617. The molecule has 1 aliphatic heterocycles. The number of rotatable bonds is 6. The lowest BCUT2D eigenvalue weighted by Gasteiger charge is -2.27. The van der Waals surface area contributed by atoms with E-state index in [4.69, 9.17) is 0 Å². The maximum atomic E-state index is 13.9. The van der Waals surface area contributed by atoms with Crippen LogP contribution in [0, 0.1) is 17.5 Å². The van der Waals surface area contributed by atoms with E-state index in [-0.39, 0.29) is 11.5 Å². The van der Waals surface area contributed by atoms with Crippen LogP contribution in [0.15, 0.2) is 54.6 Å². The minimum absolute atomic E-state index is 0.0644. The van der Waals surface area contributed by atoms with Crippen LogP contribution in [0.5, 0.6) is 0 Å². The number of para-hydroxylation sites is 1. The predicted molar refractivity (Wildman–Crippen MR) is 117 cm³/mol. The maximum absolute atomic E-state index is 13.9. The molecule has 0 fully saturated rings. The largest absolute Gasteiger partial charge is 0.316 e. The fourth-order valence-electron chi connectivity index (χ4n) is 3.84. The third-order valence-corrected chi connectivity index (χ3v) is 5.53. The average molecular weight is 440 g/mol. The van der Waals surface area contributed by atoms with E-state index in [0.717, 1.165) is 36.4 Å². The van der Waals surface area contributed by atoms with Crippen molar-refractivity contribution >= 4 is 17.2 Å². The van der Waals surface area contributed by atoms with Crippen LogP contribution in [0.25, 0.3) is 5.57 Å². The Hall–Kier alpha value is -3.39. The van der Waals surface area contributed by atoms with Crippen molar-refractivity contribution in [1.82, 2.24) is 14.7 Å². The van der Waals surface area contributed by atoms with E-state index in [1.165, 1.54) is 12.1 Å². The molecule has 0 spiro atoms. The summed E-state index contributed by atoms with van der Waals surface area (Å²) in [6.45, 7) is 2.20. The van der Waals surface area contributed by atoms with E-state index >= 15 is 0 Å². The van der Waals surface area contributed by atoms with Crippen LogP contribution in [-0.2, 0) is 13.5 Å². The standard InChI is InChI=1S/C24H23F3N4O/c1-30-22(14-21(29-30)24(32)28-23-19(26)9-4-10-20(23)27)17-7-5-12-31(15-17)13-11-16-6-2-3-8-18(16)25/h2-4,6-10,14H,5,11-13,15H2,1H3,(H,28,32). The van der Waals surface area contributed by atoms with Gasteiger partial charge in [0.25, 0.3) is 5.91 Å². The molecule has 1 amide bonds. The van der Waals surface area contributed by atoms with Crippen LogP contribution in [0.1, 0.15) is 28.2 Å². The van der Waals surface area contributed by atoms with Gasteiger partial charge in [-0.25, -0.2) is 13.2 Å². The second kappa shape index (κ2) is 9.40. The molecule has 0 aliphatic carbocycles. The van der Waals surface area contributed by atoms with Crippen LogP contribution in [-0.4, -0.2) is 40.2 Å². The fourth-order valence-corrected chi connectivity index (χ4v) is 3.84. The highest BCUT2D eigenvalue weighted by molar-refractivity contribution is 6.03. The summed E-state index contributed by atoms with van der Waals surface area (Å²) in [5, 5.41) is 6.48. The van der Waals surface area contributed by atoms with Gasteiger partial charge in [-0.1, -0.05) is 30.3 Å². The van der Waals surface area contributed by atoms with Crippen molar-refractivity contribution in [2.24, 2.45) is 7.05 Å². The molecule has 2 aromatic carbocycles. The Kier molecular flexibility index (Phi) is 6.41. The van der Waals surface area contributed by atoms with Gasteiger partial charge < -0.3 is 5.32 Å². The molecule has 1 N–H and O–H groups in total. The van der Waals surface area contributed by atoms with Crippen molar-refractivity contribution in [1.29, 1.82) is 0 Å². The van der Waals surface area contributed by atoms with Crippen LogP contribution in [0.2, 0.25) is 0 Å². The van der Waals surface area contributed by atoms with Gasteiger partial charge in [0, 0.05) is 26.7 Å². The molecule has 3 aromatic rings. The number of anilines is 1. The average Bonchev–Trinajstić information content (AvgIpc) is 3.18. The first-order valence-electron chi connectivity index (χ1n) is 10.4. The fraction of sp³-hybridized carbons (Fsp3) is 0.250. The van der Waals surface area contributed by atoms with E-state index in [9.17, 15) is 18.0 Å². The molecule has 0 bridgehead atoms. The topological polar surface area (TPSA) is 50.2 Å². The van der Waals surface area contributed by atoms with E-state index in [1.54, 1.807) is 29.9 Å². The number of aryl methyl sites for hydroxylation is 1. The van der Waals surface area contributed by atoms with Gasteiger partial charge in [-0.2, -0.15) is 5.10 Å². The van der Waals surface area contributed by atoms with Crippen LogP contribution >= 0.6 is 0 Å². The van der Waals surface area contributed by atoms with Crippen molar-refractivity contribution in [2.75, 3.05) is 25.0 Å². The number of nitrogens with zero attached hydrogens (tertiary/aromatic N) is 3. The lowest BCUT2D eigenvalue weighted by molar-refractivity contribution is 0.102. The highest BCUT2D eigenvalue weighted by Crippen LogP contribution is 2.23. The van der Waals surface area contributed by atoms with Crippen LogP contribution in [0.3, 0.4) is 0 Å². The van der Waals surface area contributed by atoms with Crippen molar-refractivity contribution < 1.29 is 18.0 Å². The van der Waals surface area contributed by atoms with E-state index in [1.807, 2.05) is 6.07 Å². The maximum Gasteiger partial charge on any atom is 0.276 e. The van der Waals surface area contributed by atoms with E-state index in [0.29, 0.717) is 25.1 Å². The molecule has 1 aromatic heterocycles. The smallest absolute Gasteiger partial charge is 0.276 e. The lowest BCUT2D eigenvalue weighted by Crippen LogP contribution is -2.32. The van der Waals surface area contributed by atoms with Crippen molar-refractivity contribution in [3.8, 4) is 0 Å². The Bertz CT molecular complexity index is 1150. The molecule has 0 saturated carbocycles. The molecule has 0 saturated heterocycles. The number of benzene rings is 2. The summed E-state index contributed by atoms with van der Waals surface area (Å²) in [5.74, 6) is -2.59. The van der Waals surface area contributed by atoms with Gasteiger partial charge in [0.2, 0.25) is 0 Å². The summed E-state index contributed by atoms with van der Waals surface area (Å²) in [6, 6.07) is 11.8. The lowest BCUT2D eigenvalue weighted by atomic mass is 10.0. The zero-order valence-corrected chi connectivity index (χ0v) is 17.6. The third-order valence-electron chi connectivity index (χ3n) is 5.53. The van der Waals surface area contributed by atoms with Crippen LogP contribution < -0.4 is 5.32 Å². The van der Waals surface area contributed by atoms with Gasteiger partial charge in [0.1, 0.15) is 23.1 Å². The number of carbonyl (C=O) groups is 1. The summed E-state index contributed by atoms with van der Waals surface area (Å²) < 4.78 is 43.2. The number of carbonyl (C=O) groups excluding carboxylic acids is 1. The summed E-state index contributed by atoms with van der Waals surface area (Å²) in [7, 11) is 1.72. The molecule has 2 heterocycles. The summed E-state index contributed by atoms with van der Waals surface area (Å²) in [4.78, 5) is 14.8. The minimum Gasteiger partial charge on any atom is -0.316 e. The number of amides is 1. The van der Waals surface area contributed by atoms with E-state index in [2.05, 4.69) is 21.4 Å². The first kappa shape index (κ1) is 21.8. The summed E-state index contributed by atoms with van der Waals surface area (Å²) in [5.41, 5.74) is 1.99. The summed E-state index contributed by atoms with van der Waals surface area (Å²) in [6.07, 6.45) is 3.52. The minimum atomic E-state index is -0.852. The molecule has 1 aliphatic rings. The molecular weight excluding hydrogens is 417 g/mol. The molecular formula is C24H23F3N4O. The molecule has 166 valence electrons. The van der Waals surface area contributed by atoms with Crippen molar-refractivity contribution in [3.05, 3.63) is 89.0 Å². The molecule has 0 atom stereocenters. The van der Waals surface area contributed by atoms with Gasteiger partial charge >= 0.3 is 0 Å². The first-order chi connectivity index (χ1) is 15.4. The van der Waals surface area contributed by atoms with Gasteiger partial charge in [-0.15, -0.1) is 0 Å². The number of nitrogens with one attached hydrogen (secondary N) is 1. The zero-order chi connectivity index (χ0) is 22.7. The third kappa shape index (κ3) is 4.75. The van der Waals surface area contributed by atoms with Crippen LogP contribution in [0.4, 0.5) is 18.9 Å². The van der Waals surface area contributed by atoms with Gasteiger partial charge in [0.15, 0.2) is 5.69 Å².